The molecule has 2 aliphatic heterocycles. The summed E-state index contributed by atoms with van der Waals surface area (Å²) in [7, 11) is 0. The maximum atomic E-state index is 12.0. The fourth-order valence-electron chi connectivity index (χ4n) is 2.69. The number of halogens is 1. The number of nitrogens with one attached hydrogen (secondary N) is 1. The number of carbonyl (C=O) groups excluding carboxylic acids is 1. The number of hydrogen-bond acceptors (Lipinski definition) is 3. The van der Waals surface area contributed by atoms with Crippen LogP contribution in [0.4, 0.5) is 0 Å². The standard InChI is InChI=1S/C14H17ClN2O2/c15-10-3-4-13-11(7-10)12(9-19-13)16-14(18)8-17-5-1-2-6-17/h3-4,7,12H,1-2,5-6,8-9H2,(H,16,18)/t12-/m1/s1. The largest absolute Gasteiger partial charge is 0.491 e. The van der Waals surface area contributed by atoms with Gasteiger partial charge in [0.05, 0.1) is 12.6 Å². The van der Waals surface area contributed by atoms with Crippen molar-refractivity contribution < 1.29 is 9.53 Å². The number of fused-ring (bicyclic) bond motifs is 1. The van der Waals surface area contributed by atoms with Crippen LogP contribution in [0.2, 0.25) is 5.02 Å². The van der Waals surface area contributed by atoms with Crippen molar-refractivity contribution in [3.8, 4) is 5.75 Å². The summed E-state index contributed by atoms with van der Waals surface area (Å²) in [6, 6.07) is 5.44. The Balaban J connectivity index is 1.62. The highest BCUT2D eigenvalue weighted by Gasteiger charge is 2.26. The summed E-state index contributed by atoms with van der Waals surface area (Å²) in [6.07, 6.45) is 2.39. The van der Waals surface area contributed by atoms with Crippen LogP contribution in [-0.4, -0.2) is 37.0 Å². The van der Waals surface area contributed by atoms with Gasteiger partial charge in [-0.1, -0.05) is 11.6 Å². The molecule has 0 aliphatic carbocycles. The number of rotatable bonds is 3. The monoisotopic (exact) mass is 280 g/mol. The van der Waals surface area contributed by atoms with E-state index in [2.05, 4.69) is 10.2 Å². The van der Waals surface area contributed by atoms with Crippen LogP contribution in [0, 0.1) is 0 Å². The van der Waals surface area contributed by atoms with E-state index in [1.54, 1.807) is 6.07 Å². The van der Waals surface area contributed by atoms with Crippen molar-refractivity contribution in [2.45, 2.75) is 18.9 Å². The highest BCUT2D eigenvalue weighted by molar-refractivity contribution is 6.30. The Morgan fingerprint density at radius 2 is 2.21 bits per heavy atom. The summed E-state index contributed by atoms with van der Waals surface area (Å²) >= 11 is 5.99. The van der Waals surface area contributed by atoms with Crippen LogP contribution >= 0.6 is 11.6 Å². The Labute approximate surface area is 117 Å². The lowest BCUT2D eigenvalue weighted by molar-refractivity contribution is -0.122. The van der Waals surface area contributed by atoms with E-state index >= 15 is 0 Å². The number of likely N-dealkylation sites (tertiary alicyclic amines) is 1. The number of ether oxygens (including phenoxy) is 1. The van der Waals surface area contributed by atoms with E-state index in [0.29, 0.717) is 18.2 Å². The van der Waals surface area contributed by atoms with Gasteiger partial charge in [-0.25, -0.2) is 0 Å². The molecular weight excluding hydrogens is 264 g/mol. The summed E-state index contributed by atoms with van der Waals surface area (Å²) in [6.45, 7) is 3.02. The molecule has 2 aliphatic rings. The molecule has 0 saturated carbocycles. The lowest BCUT2D eigenvalue weighted by Crippen LogP contribution is -2.38. The zero-order chi connectivity index (χ0) is 13.2. The lowest BCUT2D eigenvalue weighted by Gasteiger charge is -2.17. The second kappa shape index (κ2) is 5.39. The van der Waals surface area contributed by atoms with Gasteiger partial charge in [0.2, 0.25) is 5.91 Å². The molecule has 0 spiro atoms. The van der Waals surface area contributed by atoms with Gasteiger partial charge in [-0.2, -0.15) is 0 Å². The summed E-state index contributed by atoms with van der Waals surface area (Å²) in [5.41, 5.74) is 0.974. The molecule has 1 aromatic rings. The molecule has 1 fully saturated rings. The van der Waals surface area contributed by atoms with Crippen molar-refractivity contribution in [2.24, 2.45) is 0 Å². The van der Waals surface area contributed by atoms with Gasteiger partial charge < -0.3 is 10.1 Å². The van der Waals surface area contributed by atoms with E-state index in [0.717, 1.165) is 24.4 Å². The summed E-state index contributed by atoms with van der Waals surface area (Å²) in [5, 5.41) is 3.69. The topological polar surface area (TPSA) is 41.6 Å². The highest BCUT2D eigenvalue weighted by Crippen LogP contribution is 2.34. The van der Waals surface area contributed by atoms with Gasteiger partial charge in [-0.05, 0) is 44.1 Å². The van der Waals surface area contributed by atoms with Crippen LogP contribution in [-0.2, 0) is 4.79 Å². The average Bonchev–Trinajstić information content (AvgIpc) is 3.00. The first-order chi connectivity index (χ1) is 9.22. The van der Waals surface area contributed by atoms with E-state index in [9.17, 15) is 4.79 Å². The fourth-order valence-corrected chi connectivity index (χ4v) is 2.87. The first kappa shape index (κ1) is 12.8. The molecule has 4 nitrogen and oxygen atoms in total. The molecule has 1 atom stereocenters. The molecule has 1 N–H and O–H groups in total. The van der Waals surface area contributed by atoms with E-state index < -0.39 is 0 Å². The third-order valence-corrected chi connectivity index (χ3v) is 3.89. The van der Waals surface area contributed by atoms with Crippen molar-refractivity contribution >= 4 is 17.5 Å². The quantitative estimate of drug-likeness (QED) is 0.921. The zero-order valence-electron chi connectivity index (χ0n) is 10.7. The molecule has 0 unspecified atom stereocenters. The molecule has 0 radical (unpaired) electrons. The van der Waals surface area contributed by atoms with E-state index in [1.807, 2.05) is 12.1 Å². The van der Waals surface area contributed by atoms with Crippen LogP contribution < -0.4 is 10.1 Å². The van der Waals surface area contributed by atoms with Crippen LogP contribution in [0.5, 0.6) is 5.75 Å². The predicted molar refractivity (Wildman–Crippen MR) is 73.5 cm³/mol. The maximum absolute atomic E-state index is 12.0. The lowest BCUT2D eigenvalue weighted by atomic mass is 10.1. The van der Waals surface area contributed by atoms with Crippen LogP contribution in [0.25, 0.3) is 0 Å². The highest BCUT2D eigenvalue weighted by atomic mass is 35.5. The Morgan fingerprint density at radius 1 is 1.42 bits per heavy atom. The SMILES string of the molecule is O=C(CN1CCCC1)N[C@@H]1COc2ccc(Cl)cc21. The molecule has 1 amide bonds. The summed E-state index contributed by atoms with van der Waals surface area (Å²) in [4.78, 5) is 14.2. The molecule has 1 aromatic carbocycles. The van der Waals surface area contributed by atoms with Gasteiger partial charge in [0.15, 0.2) is 0 Å². The van der Waals surface area contributed by atoms with Gasteiger partial charge in [-0.15, -0.1) is 0 Å². The molecule has 0 aromatic heterocycles. The molecule has 2 heterocycles. The second-order valence-corrected chi connectivity index (χ2v) is 5.53. The molecule has 3 rings (SSSR count). The maximum Gasteiger partial charge on any atom is 0.234 e. The average molecular weight is 281 g/mol. The summed E-state index contributed by atoms with van der Waals surface area (Å²) < 4.78 is 5.55. The number of hydrogen-bond donors (Lipinski definition) is 1. The van der Waals surface area contributed by atoms with Crippen molar-refractivity contribution in [1.82, 2.24) is 10.2 Å². The fraction of sp³-hybridized carbons (Fsp3) is 0.500. The third-order valence-electron chi connectivity index (χ3n) is 3.65. The number of amides is 1. The number of nitrogens with zero attached hydrogens (tertiary/aromatic N) is 1. The van der Waals surface area contributed by atoms with Crippen LogP contribution in [0.1, 0.15) is 24.4 Å². The van der Waals surface area contributed by atoms with Gasteiger partial charge in [0, 0.05) is 10.6 Å². The van der Waals surface area contributed by atoms with Gasteiger partial charge in [-0.3, -0.25) is 9.69 Å². The Bertz CT molecular complexity index is 486. The van der Waals surface area contributed by atoms with Gasteiger partial charge >= 0.3 is 0 Å². The second-order valence-electron chi connectivity index (χ2n) is 5.10. The predicted octanol–water partition coefficient (Wildman–Crippen LogP) is 1.99. The first-order valence-electron chi connectivity index (χ1n) is 6.66. The Hall–Kier alpha value is -1.26. The van der Waals surface area contributed by atoms with Gasteiger partial charge in [0.1, 0.15) is 12.4 Å². The van der Waals surface area contributed by atoms with Crippen molar-refractivity contribution in [1.29, 1.82) is 0 Å². The van der Waals surface area contributed by atoms with Crippen LogP contribution in [0.3, 0.4) is 0 Å². The smallest absolute Gasteiger partial charge is 0.234 e. The minimum absolute atomic E-state index is 0.0586. The molecule has 19 heavy (non-hydrogen) atoms. The van der Waals surface area contributed by atoms with Crippen molar-refractivity contribution in [3.63, 3.8) is 0 Å². The molecule has 0 bridgehead atoms. The zero-order valence-corrected chi connectivity index (χ0v) is 11.4. The van der Waals surface area contributed by atoms with E-state index in [1.165, 1.54) is 12.8 Å². The Kier molecular flexibility index (Phi) is 3.62. The van der Waals surface area contributed by atoms with Crippen LogP contribution in [0.15, 0.2) is 18.2 Å². The van der Waals surface area contributed by atoms with E-state index in [4.69, 9.17) is 16.3 Å². The van der Waals surface area contributed by atoms with E-state index in [-0.39, 0.29) is 11.9 Å². The van der Waals surface area contributed by atoms with Gasteiger partial charge in [0.25, 0.3) is 0 Å². The molecule has 102 valence electrons. The molecule has 5 heteroatoms. The minimum Gasteiger partial charge on any atom is -0.491 e. The number of carbonyl (C=O) groups is 1. The molecule has 1 saturated heterocycles. The number of benzene rings is 1. The summed E-state index contributed by atoms with van der Waals surface area (Å²) in [5.74, 6) is 0.874. The Morgan fingerprint density at radius 3 is 3.00 bits per heavy atom. The van der Waals surface area contributed by atoms with Crippen molar-refractivity contribution in [3.05, 3.63) is 28.8 Å². The van der Waals surface area contributed by atoms with Crippen molar-refractivity contribution in [2.75, 3.05) is 26.2 Å². The first-order valence-corrected chi connectivity index (χ1v) is 7.04. The third kappa shape index (κ3) is 2.85. The normalized spacial score (nSPS) is 22.1. The minimum atomic E-state index is -0.0798. The molecular formula is C14H17ClN2O2.